The second kappa shape index (κ2) is 7.73. The fourth-order valence-electron chi connectivity index (χ4n) is 1.59. The quantitative estimate of drug-likeness (QED) is 0.802. The molecule has 0 saturated heterocycles. The molecule has 0 aromatic carbocycles. The maximum absolute atomic E-state index is 12.0. The Bertz CT molecular complexity index is 406. The van der Waals surface area contributed by atoms with Crippen molar-refractivity contribution in [3.05, 3.63) is 16.6 Å². The number of nitrogens with zero attached hydrogens (tertiary/aromatic N) is 2. The van der Waals surface area contributed by atoms with Gasteiger partial charge in [0, 0.05) is 30.6 Å². The van der Waals surface area contributed by atoms with Crippen LogP contribution in [0.2, 0.25) is 0 Å². The third-order valence-corrected chi connectivity index (χ3v) is 3.33. The van der Waals surface area contributed by atoms with E-state index in [0.29, 0.717) is 19.5 Å². The van der Waals surface area contributed by atoms with Gasteiger partial charge in [0.1, 0.15) is 5.01 Å². The molecule has 1 aromatic rings. The van der Waals surface area contributed by atoms with Crippen LogP contribution in [0.15, 0.2) is 11.6 Å². The maximum atomic E-state index is 12.0. The fourth-order valence-corrected chi connectivity index (χ4v) is 2.14. The Morgan fingerprint density at radius 3 is 2.79 bits per heavy atom. The summed E-state index contributed by atoms with van der Waals surface area (Å²) in [4.78, 5) is 28.2. The number of nitrogens with one attached hydrogen (secondary N) is 1. The molecule has 2 amide bonds. The Labute approximate surface area is 116 Å². The molecule has 0 radical (unpaired) electrons. The Balaban J connectivity index is 2.41. The Morgan fingerprint density at radius 2 is 2.26 bits per heavy atom. The van der Waals surface area contributed by atoms with Crippen LogP contribution in [0, 0.1) is 0 Å². The zero-order valence-corrected chi connectivity index (χ0v) is 11.9. The number of carbonyl (C=O) groups excluding carboxylic acids is 1. The van der Waals surface area contributed by atoms with Gasteiger partial charge in [-0.05, 0) is 20.3 Å². The van der Waals surface area contributed by atoms with Crippen LogP contribution in [0.5, 0.6) is 0 Å². The monoisotopic (exact) mass is 285 g/mol. The molecule has 0 aliphatic heterocycles. The number of aliphatic carboxylic acids is 1. The van der Waals surface area contributed by atoms with Gasteiger partial charge in [-0.3, -0.25) is 4.79 Å². The van der Waals surface area contributed by atoms with E-state index in [4.69, 9.17) is 5.11 Å². The largest absolute Gasteiger partial charge is 0.481 e. The third kappa shape index (κ3) is 5.69. The van der Waals surface area contributed by atoms with Crippen molar-refractivity contribution >= 4 is 23.3 Å². The summed E-state index contributed by atoms with van der Waals surface area (Å²) in [5.74, 6) is -0.841. The Hall–Kier alpha value is -1.63. The number of rotatable bonds is 7. The smallest absolute Gasteiger partial charge is 0.317 e. The number of hydrogen-bond donors (Lipinski definition) is 2. The summed E-state index contributed by atoms with van der Waals surface area (Å²) in [6, 6.07) is -0.152. The minimum absolute atomic E-state index is 0.0325. The molecule has 0 aliphatic rings. The lowest BCUT2D eigenvalue weighted by atomic mass is 10.2. The summed E-state index contributed by atoms with van der Waals surface area (Å²) in [6.07, 6.45) is 2.22. The van der Waals surface area contributed by atoms with Gasteiger partial charge in [-0.15, -0.1) is 11.3 Å². The van der Waals surface area contributed by atoms with E-state index in [9.17, 15) is 9.59 Å². The molecular weight excluding hydrogens is 266 g/mol. The molecule has 2 N–H and O–H groups in total. The molecule has 1 aromatic heterocycles. The van der Waals surface area contributed by atoms with Crippen molar-refractivity contribution < 1.29 is 14.7 Å². The van der Waals surface area contributed by atoms with Crippen molar-refractivity contribution in [1.82, 2.24) is 15.2 Å². The Kier molecular flexibility index (Phi) is 6.27. The zero-order chi connectivity index (χ0) is 14.3. The maximum Gasteiger partial charge on any atom is 0.317 e. The van der Waals surface area contributed by atoms with Crippen LogP contribution in [-0.4, -0.2) is 39.6 Å². The van der Waals surface area contributed by atoms with Crippen molar-refractivity contribution in [3.63, 3.8) is 0 Å². The van der Waals surface area contributed by atoms with Crippen molar-refractivity contribution in [3.8, 4) is 0 Å². The minimum atomic E-state index is -0.841. The van der Waals surface area contributed by atoms with Gasteiger partial charge in [-0.2, -0.15) is 0 Å². The first-order valence-corrected chi connectivity index (χ1v) is 7.03. The van der Waals surface area contributed by atoms with E-state index in [1.807, 2.05) is 19.2 Å². The highest BCUT2D eigenvalue weighted by Crippen LogP contribution is 2.06. The first-order valence-electron chi connectivity index (χ1n) is 6.15. The molecule has 1 rings (SSSR count). The number of aromatic nitrogens is 1. The highest BCUT2D eigenvalue weighted by atomic mass is 32.1. The summed E-state index contributed by atoms with van der Waals surface area (Å²) in [7, 11) is 0. The highest BCUT2D eigenvalue weighted by molar-refractivity contribution is 7.09. The number of thiazole rings is 1. The van der Waals surface area contributed by atoms with Crippen molar-refractivity contribution in [2.45, 2.75) is 39.3 Å². The van der Waals surface area contributed by atoms with E-state index in [0.717, 1.165) is 5.01 Å². The molecule has 0 spiro atoms. The van der Waals surface area contributed by atoms with Gasteiger partial charge in [0.05, 0.1) is 6.54 Å². The highest BCUT2D eigenvalue weighted by Gasteiger charge is 2.16. The second-order valence-corrected chi connectivity index (χ2v) is 5.35. The molecular formula is C12H19N3O3S. The van der Waals surface area contributed by atoms with Crippen LogP contribution < -0.4 is 5.32 Å². The van der Waals surface area contributed by atoms with E-state index in [2.05, 4.69) is 10.3 Å². The lowest BCUT2D eigenvalue weighted by molar-refractivity contribution is -0.137. The first-order chi connectivity index (χ1) is 9.00. The fraction of sp³-hybridized carbons (Fsp3) is 0.583. The summed E-state index contributed by atoms with van der Waals surface area (Å²) in [6.45, 7) is 4.65. The Morgan fingerprint density at radius 1 is 1.53 bits per heavy atom. The molecule has 0 bridgehead atoms. The van der Waals surface area contributed by atoms with Crippen LogP contribution in [0.4, 0.5) is 4.79 Å². The average Bonchev–Trinajstić information content (AvgIpc) is 2.84. The second-order valence-electron chi connectivity index (χ2n) is 4.37. The summed E-state index contributed by atoms with van der Waals surface area (Å²) >= 11 is 1.48. The van der Waals surface area contributed by atoms with Crippen molar-refractivity contribution in [1.29, 1.82) is 0 Å². The predicted octanol–water partition coefficient (Wildman–Crippen LogP) is 1.93. The topological polar surface area (TPSA) is 82.5 Å². The molecule has 106 valence electrons. The number of urea groups is 1. The average molecular weight is 285 g/mol. The van der Waals surface area contributed by atoms with Crippen LogP contribution >= 0.6 is 11.3 Å². The molecule has 0 unspecified atom stereocenters. The molecule has 19 heavy (non-hydrogen) atoms. The molecule has 0 fully saturated rings. The number of carbonyl (C=O) groups is 2. The molecule has 0 aliphatic carbocycles. The normalized spacial score (nSPS) is 10.5. The molecule has 7 heteroatoms. The summed E-state index contributed by atoms with van der Waals surface area (Å²) in [5, 5.41) is 14.1. The van der Waals surface area contributed by atoms with Crippen molar-refractivity contribution in [2.75, 3.05) is 6.54 Å². The molecule has 0 atom stereocenters. The van der Waals surface area contributed by atoms with Crippen LogP contribution in [0.3, 0.4) is 0 Å². The lowest BCUT2D eigenvalue weighted by Crippen LogP contribution is -2.44. The number of carboxylic acids is 1. The predicted molar refractivity (Wildman–Crippen MR) is 73.1 cm³/mol. The van der Waals surface area contributed by atoms with Gasteiger partial charge in [-0.25, -0.2) is 9.78 Å². The van der Waals surface area contributed by atoms with Crippen LogP contribution in [0.1, 0.15) is 31.7 Å². The van der Waals surface area contributed by atoms with Crippen molar-refractivity contribution in [2.24, 2.45) is 0 Å². The summed E-state index contributed by atoms with van der Waals surface area (Å²) in [5.41, 5.74) is 0. The summed E-state index contributed by atoms with van der Waals surface area (Å²) < 4.78 is 0. The van der Waals surface area contributed by atoms with E-state index in [1.165, 1.54) is 11.3 Å². The van der Waals surface area contributed by atoms with Crippen LogP contribution in [0.25, 0.3) is 0 Å². The number of hydrogen-bond acceptors (Lipinski definition) is 4. The van der Waals surface area contributed by atoms with Crippen LogP contribution in [-0.2, 0) is 11.3 Å². The SMILES string of the molecule is CC(C)N(CCCC(=O)O)C(=O)NCc1nccs1. The standard InChI is InChI=1S/C12H19N3O3S/c1-9(2)15(6-3-4-11(16)17)12(18)14-8-10-13-5-7-19-10/h5,7,9H,3-4,6,8H2,1-2H3,(H,14,18)(H,16,17). The number of carboxylic acid groups (broad SMARTS) is 1. The number of amides is 2. The van der Waals surface area contributed by atoms with Gasteiger partial charge in [0.25, 0.3) is 0 Å². The molecule has 0 saturated carbocycles. The molecule has 1 heterocycles. The van der Waals surface area contributed by atoms with Gasteiger partial charge < -0.3 is 15.3 Å². The minimum Gasteiger partial charge on any atom is -0.481 e. The van der Waals surface area contributed by atoms with Gasteiger partial charge in [-0.1, -0.05) is 0 Å². The lowest BCUT2D eigenvalue weighted by Gasteiger charge is -2.26. The zero-order valence-electron chi connectivity index (χ0n) is 11.1. The van der Waals surface area contributed by atoms with Gasteiger partial charge >= 0.3 is 12.0 Å². The van der Waals surface area contributed by atoms with E-state index < -0.39 is 5.97 Å². The molecule has 6 nitrogen and oxygen atoms in total. The van der Waals surface area contributed by atoms with Gasteiger partial charge in [0.2, 0.25) is 0 Å². The first kappa shape index (κ1) is 15.4. The van der Waals surface area contributed by atoms with E-state index >= 15 is 0 Å². The third-order valence-electron chi connectivity index (χ3n) is 2.55. The van der Waals surface area contributed by atoms with E-state index in [-0.39, 0.29) is 18.5 Å². The van der Waals surface area contributed by atoms with Gasteiger partial charge in [0.15, 0.2) is 0 Å². The van der Waals surface area contributed by atoms with E-state index in [1.54, 1.807) is 11.1 Å².